The van der Waals surface area contributed by atoms with E-state index in [9.17, 15) is 9.90 Å². The number of aliphatic hydroxyl groups is 1. The zero-order valence-corrected chi connectivity index (χ0v) is 15.9. The third-order valence-corrected chi connectivity index (χ3v) is 4.26. The van der Waals surface area contributed by atoms with E-state index in [2.05, 4.69) is 19.2 Å². The second-order valence-electron chi connectivity index (χ2n) is 8.20. The molecule has 1 fully saturated rings. The molecular weight excluding hydrogens is 318 g/mol. The number of hydrogen-bond acceptors (Lipinski definition) is 4. The molecule has 0 aromatic heterocycles. The number of ether oxygens (including phenoxy) is 2. The van der Waals surface area contributed by atoms with Crippen LogP contribution in [0.3, 0.4) is 0 Å². The zero-order valence-electron chi connectivity index (χ0n) is 15.9. The quantitative estimate of drug-likeness (QED) is 0.822. The van der Waals surface area contributed by atoms with Gasteiger partial charge in [0.05, 0.1) is 24.9 Å². The van der Waals surface area contributed by atoms with Gasteiger partial charge in [0.1, 0.15) is 5.60 Å². The number of nitrogens with one attached hydrogen (secondary N) is 1. The molecule has 1 saturated heterocycles. The van der Waals surface area contributed by atoms with Crippen molar-refractivity contribution in [1.82, 2.24) is 5.32 Å². The first-order valence-corrected chi connectivity index (χ1v) is 9.01. The Balaban J connectivity index is 2.05. The third kappa shape index (κ3) is 5.72. The minimum atomic E-state index is -0.686. The number of benzene rings is 1. The first-order chi connectivity index (χ1) is 11.7. The highest BCUT2D eigenvalue weighted by atomic mass is 16.6. The van der Waals surface area contributed by atoms with E-state index in [0.717, 1.165) is 5.56 Å². The van der Waals surface area contributed by atoms with Crippen LogP contribution in [0.2, 0.25) is 0 Å². The topological polar surface area (TPSA) is 67.8 Å². The Kier molecular flexibility index (Phi) is 6.47. The Morgan fingerprint density at radius 2 is 1.96 bits per heavy atom. The van der Waals surface area contributed by atoms with Crippen LogP contribution >= 0.6 is 0 Å². The predicted octanol–water partition coefficient (Wildman–Crippen LogP) is 3.67. The van der Waals surface area contributed by atoms with Crippen LogP contribution in [0.15, 0.2) is 30.3 Å². The van der Waals surface area contributed by atoms with E-state index in [1.165, 1.54) is 0 Å². The lowest BCUT2D eigenvalue weighted by molar-refractivity contribution is -0.168. The van der Waals surface area contributed by atoms with Gasteiger partial charge in [-0.05, 0) is 38.7 Å². The van der Waals surface area contributed by atoms with Crippen LogP contribution in [0.25, 0.3) is 0 Å². The normalized spacial score (nSPS) is 22.8. The molecule has 0 saturated carbocycles. The van der Waals surface area contributed by atoms with E-state index in [1.54, 1.807) is 0 Å². The lowest BCUT2D eigenvalue weighted by atomic mass is 9.82. The highest BCUT2D eigenvalue weighted by molar-refractivity contribution is 5.68. The predicted molar refractivity (Wildman–Crippen MR) is 97.2 cm³/mol. The van der Waals surface area contributed by atoms with Crippen molar-refractivity contribution in [2.24, 2.45) is 11.8 Å². The SMILES string of the molecule is CC(C)C[C@H](NC(=O)OC(C)(C)C)[C@H](O)[C@H]1CO[C@@H]1c1ccccc1. The van der Waals surface area contributed by atoms with Crippen molar-refractivity contribution >= 4 is 6.09 Å². The van der Waals surface area contributed by atoms with Gasteiger partial charge in [-0.15, -0.1) is 0 Å². The summed E-state index contributed by atoms with van der Waals surface area (Å²) in [7, 11) is 0. The summed E-state index contributed by atoms with van der Waals surface area (Å²) in [6, 6.07) is 9.52. The van der Waals surface area contributed by atoms with Gasteiger partial charge in [0.25, 0.3) is 0 Å². The van der Waals surface area contributed by atoms with Gasteiger partial charge in [-0.25, -0.2) is 4.79 Å². The van der Waals surface area contributed by atoms with Gasteiger partial charge in [-0.2, -0.15) is 0 Å². The van der Waals surface area contributed by atoms with Gasteiger partial charge in [-0.3, -0.25) is 0 Å². The molecular formula is C20H31NO4. The summed E-state index contributed by atoms with van der Waals surface area (Å²) in [6.07, 6.45) is -0.632. The van der Waals surface area contributed by atoms with Gasteiger partial charge in [-0.1, -0.05) is 44.2 Å². The second kappa shape index (κ2) is 8.19. The summed E-state index contributed by atoms with van der Waals surface area (Å²) in [5, 5.41) is 13.8. The number of carbonyl (C=O) groups is 1. The van der Waals surface area contributed by atoms with E-state index >= 15 is 0 Å². The van der Waals surface area contributed by atoms with Gasteiger partial charge in [0, 0.05) is 5.92 Å². The van der Waals surface area contributed by atoms with Crippen LogP contribution < -0.4 is 5.32 Å². The number of amides is 1. The fourth-order valence-electron chi connectivity index (χ4n) is 3.12. The van der Waals surface area contributed by atoms with Crippen LogP contribution in [0.1, 0.15) is 52.7 Å². The summed E-state index contributed by atoms with van der Waals surface area (Å²) < 4.78 is 11.0. The molecule has 2 rings (SSSR count). The number of hydrogen-bond donors (Lipinski definition) is 2. The molecule has 1 aromatic rings. The summed E-state index contributed by atoms with van der Waals surface area (Å²) >= 11 is 0. The first-order valence-electron chi connectivity index (χ1n) is 9.01. The Bertz CT molecular complexity index is 553. The molecule has 1 aromatic carbocycles. The maximum absolute atomic E-state index is 12.2. The van der Waals surface area contributed by atoms with Crippen LogP contribution in [0.5, 0.6) is 0 Å². The number of rotatable bonds is 6. The van der Waals surface area contributed by atoms with Crippen molar-refractivity contribution in [3.05, 3.63) is 35.9 Å². The molecule has 0 radical (unpaired) electrons. The maximum Gasteiger partial charge on any atom is 0.407 e. The average molecular weight is 349 g/mol. The molecule has 2 N–H and O–H groups in total. The summed E-state index contributed by atoms with van der Waals surface area (Å²) in [6.45, 7) is 10.1. The maximum atomic E-state index is 12.2. The van der Waals surface area contributed by atoms with Crippen molar-refractivity contribution in [1.29, 1.82) is 0 Å². The van der Waals surface area contributed by atoms with Crippen molar-refractivity contribution in [3.8, 4) is 0 Å². The molecule has 4 atom stereocenters. The van der Waals surface area contributed by atoms with Crippen molar-refractivity contribution in [2.45, 2.75) is 64.9 Å². The lowest BCUT2D eigenvalue weighted by Crippen LogP contribution is -2.53. The van der Waals surface area contributed by atoms with Gasteiger partial charge in [0.2, 0.25) is 0 Å². The number of aliphatic hydroxyl groups excluding tert-OH is 1. The minimum absolute atomic E-state index is 0.0407. The van der Waals surface area contributed by atoms with Crippen LogP contribution in [-0.4, -0.2) is 35.6 Å². The van der Waals surface area contributed by atoms with Crippen molar-refractivity contribution < 1.29 is 19.4 Å². The van der Waals surface area contributed by atoms with Crippen LogP contribution in [0, 0.1) is 11.8 Å². The van der Waals surface area contributed by atoms with Crippen LogP contribution in [0.4, 0.5) is 4.79 Å². The van der Waals surface area contributed by atoms with Crippen LogP contribution in [-0.2, 0) is 9.47 Å². The second-order valence-corrected chi connectivity index (χ2v) is 8.20. The number of alkyl carbamates (subject to hydrolysis) is 1. The monoisotopic (exact) mass is 349 g/mol. The van der Waals surface area contributed by atoms with E-state index in [-0.39, 0.29) is 18.1 Å². The molecule has 5 heteroatoms. The lowest BCUT2D eigenvalue weighted by Gasteiger charge is -2.43. The van der Waals surface area contributed by atoms with Crippen molar-refractivity contribution in [3.63, 3.8) is 0 Å². The van der Waals surface area contributed by atoms with Crippen molar-refractivity contribution in [2.75, 3.05) is 6.61 Å². The minimum Gasteiger partial charge on any atom is -0.444 e. The summed E-state index contributed by atoms with van der Waals surface area (Å²) in [5.74, 6) is 0.298. The Morgan fingerprint density at radius 1 is 1.32 bits per heavy atom. The van der Waals surface area contributed by atoms with E-state index in [1.807, 2.05) is 51.1 Å². The zero-order chi connectivity index (χ0) is 18.6. The van der Waals surface area contributed by atoms with Gasteiger partial charge in [0.15, 0.2) is 0 Å². The molecule has 5 nitrogen and oxygen atoms in total. The smallest absolute Gasteiger partial charge is 0.407 e. The molecule has 0 spiro atoms. The number of carbonyl (C=O) groups excluding carboxylic acids is 1. The molecule has 0 bridgehead atoms. The van der Waals surface area contributed by atoms with E-state index < -0.39 is 17.8 Å². The molecule has 0 unspecified atom stereocenters. The first kappa shape index (κ1) is 19.7. The molecule has 140 valence electrons. The molecule has 25 heavy (non-hydrogen) atoms. The fourth-order valence-corrected chi connectivity index (χ4v) is 3.12. The van der Waals surface area contributed by atoms with E-state index in [0.29, 0.717) is 18.9 Å². The molecule has 1 aliphatic rings. The Morgan fingerprint density at radius 3 is 2.44 bits per heavy atom. The van der Waals surface area contributed by atoms with Gasteiger partial charge >= 0.3 is 6.09 Å². The molecule has 0 aliphatic carbocycles. The highest BCUT2D eigenvalue weighted by Crippen LogP contribution is 2.39. The van der Waals surface area contributed by atoms with Gasteiger partial charge < -0.3 is 19.9 Å². The Labute approximate surface area is 150 Å². The van der Waals surface area contributed by atoms with E-state index in [4.69, 9.17) is 9.47 Å². The highest BCUT2D eigenvalue weighted by Gasteiger charge is 2.42. The molecule has 1 aliphatic heterocycles. The Hall–Kier alpha value is -1.59. The largest absolute Gasteiger partial charge is 0.444 e. The summed E-state index contributed by atoms with van der Waals surface area (Å²) in [5.41, 5.74) is 0.488. The molecule has 1 heterocycles. The third-order valence-electron chi connectivity index (χ3n) is 4.26. The molecule has 1 amide bonds. The standard InChI is InChI=1S/C20H31NO4/c1-13(2)11-16(21-19(23)25-20(3,4)5)17(22)15-12-24-18(15)14-9-7-6-8-10-14/h6-10,13,15-18,22H,11-12H2,1-5H3,(H,21,23)/t15-,16+,17-,18-/m1/s1. The average Bonchev–Trinajstić information content (AvgIpc) is 2.44. The fraction of sp³-hybridized carbons (Fsp3) is 0.650. The summed E-state index contributed by atoms with van der Waals surface area (Å²) in [4.78, 5) is 12.2.